The molecule has 8 aromatic carbocycles. The van der Waals surface area contributed by atoms with Gasteiger partial charge in [0, 0.05) is 0 Å². The minimum atomic E-state index is -2.52. The second kappa shape index (κ2) is 13.0. The number of hydrogen-bond donors (Lipinski definition) is 0. The van der Waals surface area contributed by atoms with E-state index in [1.165, 1.54) is 87.1 Å². The van der Waals surface area contributed by atoms with Crippen LogP contribution in [0.25, 0.3) is 43.1 Å². The van der Waals surface area contributed by atoms with Gasteiger partial charge in [0.15, 0.2) is 0 Å². The molecule has 0 saturated heterocycles. The Kier molecular flexibility index (Phi) is 8.34. The fraction of sp³-hybridized carbons (Fsp3) is 0.184. The zero-order chi connectivity index (χ0) is 36.6. The number of benzene rings is 8. The quantitative estimate of drug-likeness (QED) is 0.164. The van der Waals surface area contributed by atoms with Crippen molar-refractivity contribution in [3.05, 3.63) is 146 Å². The van der Waals surface area contributed by atoms with Gasteiger partial charge in [-0.25, -0.2) is 0 Å². The number of anilines is 4. The van der Waals surface area contributed by atoms with Crippen LogP contribution >= 0.6 is 15.2 Å². The third-order valence-electron chi connectivity index (χ3n) is 12.2. The molecule has 0 atom stereocenters. The van der Waals surface area contributed by atoms with E-state index in [1.807, 2.05) is 0 Å². The first-order valence-corrected chi connectivity index (χ1v) is 23.0. The van der Waals surface area contributed by atoms with Crippen molar-refractivity contribution >= 4 is 102 Å². The van der Waals surface area contributed by atoms with E-state index in [0.29, 0.717) is 11.3 Å². The zero-order valence-electron chi connectivity index (χ0n) is 31.9. The molecule has 0 bridgehead atoms. The molecule has 0 saturated carbocycles. The summed E-state index contributed by atoms with van der Waals surface area (Å²) in [5.74, 6) is 0. The summed E-state index contributed by atoms with van der Waals surface area (Å²) in [6.45, 7) is 12.4. The van der Waals surface area contributed by atoms with Gasteiger partial charge in [-0.15, -0.1) is 0 Å². The van der Waals surface area contributed by atoms with Gasteiger partial charge in [-0.05, 0) is 0 Å². The Labute approximate surface area is 316 Å². The Morgan fingerprint density at radius 2 is 0.698 bits per heavy atom. The molecule has 264 valence electrons. The van der Waals surface area contributed by atoms with Crippen LogP contribution in [0, 0.1) is 0 Å². The van der Waals surface area contributed by atoms with E-state index in [0.717, 1.165) is 0 Å². The molecule has 0 fully saturated rings. The monoisotopic (exact) mass is 726 g/mol. The Morgan fingerprint density at radius 3 is 1.00 bits per heavy atom. The maximum atomic E-state index is 2.63. The Hall–Kier alpha value is -4.74. The standard InChI is InChI=1S/C49H48N2P2/c1-32(2)52-46-28-38-20-12-8-16-34(38)24-42(46)50(5)44-26-36-18-10-14-22-40(36)30-48(44)53(7,33(3)4)49-31-41-23-15-11-19-37(41)27-45(49)51(6)43-25-35-17-9-13-21-39(35)29-47(43)52/h8-33,53H,1-7H3. The molecule has 0 aromatic heterocycles. The summed E-state index contributed by atoms with van der Waals surface area (Å²) in [7, 11) is 1.35. The average Bonchev–Trinajstić information content (AvgIpc) is 3.18. The first-order chi connectivity index (χ1) is 25.6. The summed E-state index contributed by atoms with van der Waals surface area (Å²) in [6, 6.07) is 55.9. The molecule has 4 heteroatoms. The summed E-state index contributed by atoms with van der Waals surface area (Å²) in [5, 5.41) is 16.2. The normalized spacial score (nSPS) is 16.3. The van der Waals surface area contributed by atoms with Gasteiger partial charge in [0.2, 0.25) is 0 Å². The fourth-order valence-electron chi connectivity index (χ4n) is 8.91. The minimum absolute atomic E-state index is 0.400. The molecule has 0 unspecified atom stereocenters. The van der Waals surface area contributed by atoms with Gasteiger partial charge in [0.25, 0.3) is 0 Å². The molecular formula is C49H48N2P2. The van der Waals surface area contributed by atoms with E-state index in [2.05, 4.69) is 204 Å². The Balaban J connectivity index is 1.50. The van der Waals surface area contributed by atoms with Gasteiger partial charge >= 0.3 is 317 Å². The number of fused-ring (bicyclic) bond motifs is 8. The number of hydrogen-bond acceptors (Lipinski definition) is 2. The predicted octanol–water partition coefficient (Wildman–Crippen LogP) is 11.7. The second-order valence-corrected chi connectivity index (χ2v) is 23.1. The molecule has 0 radical (unpaired) electrons. The summed E-state index contributed by atoms with van der Waals surface area (Å²) in [5.41, 5.74) is 6.08. The first-order valence-electron chi connectivity index (χ1n) is 19.0. The Bertz CT molecular complexity index is 2540. The third kappa shape index (κ3) is 5.45. The van der Waals surface area contributed by atoms with E-state index in [9.17, 15) is 0 Å². The van der Waals surface area contributed by atoms with Gasteiger partial charge in [-0.1, -0.05) is 0 Å². The topological polar surface area (TPSA) is 6.48 Å². The molecule has 2 nitrogen and oxygen atoms in total. The van der Waals surface area contributed by atoms with Crippen LogP contribution in [0.1, 0.15) is 27.7 Å². The van der Waals surface area contributed by atoms with Gasteiger partial charge < -0.3 is 0 Å². The van der Waals surface area contributed by atoms with E-state index < -0.39 is 15.2 Å². The van der Waals surface area contributed by atoms with Crippen molar-refractivity contribution in [2.75, 3.05) is 30.6 Å². The zero-order valence-corrected chi connectivity index (χ0v) is 33.7. The van der Waals surface area contributed by atoms with Crippen LogP contribution in [0.4, 0.5) is 22.7 Å². The molecule has 1 aliphatic rings. The summed E-state index contributed by atoms with van der Waals surface area (Å²) in [4.78, 5) is 5.14. The van der Waals surface area contributed by atoms with Gasteiger partial charge in [0.05, 0.1) is 0 Å². The summed E-state index contributed by atoms with van der Waals surface area (Å²) >= 11 is 0. The summed E-state index contributed by atoms with van der Waals surface area (Å²) in [6.07, 6.45) is 0. The van der Waals surface area contributed by atoms with Crippen molar-refractivity contribution in [2.24, 2.45) is 0 Å². The maximum absolute atomic E-state index is 2.63. The van der Waals surface area contributed by atoms with Crippen LogP contribution in [-0.2, 0) is 0 Å². The van der Waals surface area contributed by atoms with Crippen molar-refractivity contribution < 1.29 is 0 Å². The van der Waals surface area contributed by atoms with E-state index in [-0.39, 0.29) is 0 Å². The van der Waals surface area contributed by atoms with E-state index in [4.69, 9.17) is 0 Å². The SMILES string of the molecule is CC(C)P1c2cc3ccccc3cc2N(C)c2cc3ccccc3cc2[PH](C)(C(C)C)c2cc3ccccc3cc2N(C)c2cc3ccccc3cc21. The van der Waals surface area contributed by atoms with Crippen LogP contribution < -0.4 is 31.0 Å². The van der Waals surface area contributed by atoms with Crippen molar-refractivity contribution in [3.63, 3.8) is 0 Å². The number of rotatable bonds is 2. The van der Waals surface area contributed by atoms with Crippen LogP contribution in [0.15, 0.2) is 146 Å². The Morgan fingerprint density at radius 1 is 0.415 bits per heavy atom. The number of nitrogens with zero attached hydrogens (tertiary/aromatic N) is 2. The molecule has 0 aliphatic carbocycles. The van der Waals surface area contributed by atoms with Crippen LogP contribution in [0.2, 0.25) is 0 Å². The first kappa shape index (κ1) is 34.1. The third-order valence-corrected chi connectivity index (χ3v) is 20.3. The molecule has 1 heterocycles. The summed E-state index contributed by atoms with van der Waals surface area (Å²) < 4.78 is 0. The molecule has 0 amide bonds. The second-order valence-electron chi connectivity index (χ2n) is 15.7. The van der Waals surface area contributed by atoms with Crippen molar-refractivity contribution in [1.29, 1.82) is 0 Å². The molecule has 8 aromatic rings. The van der Waals surface area contributed by atoms with Gasteiger partial charge in [-0.3, -0.25) is 0 Å². The van der Waals surface area contributed by atoms with Crippen molar-refractivity contribution in [1.82, 2.24) is 0 Å². The molecule has 9 rings (SSSR count). The van der Waals surface area contributed by atoms with E-state index >= 15 is 0 Å². The average molecular weight is 727 g/mol. The molecule has 53 heavy (non-hydrogen) atoms. The van der Waals surface area contributed by atoms with Gasteiger partial charge in [0.1, 0.15) is 0 Å². The van der Waals surface area contributed by atoms with Gasteiger partial charge in [-0.2, -0.15) is 0 Å². The van der Waals surface area contributed by atoms with Crippen LogP contribution in [0.3, 0.4) is 0 Å². The fourth-order valence-corrected chi connectivity index (χ4v) is 15.8. The van der Waals surface area contributed by atoms with Crippen LogP contribution in [0.5, 0.6) is 0 Å². The molecular weight excluding hydrogens is 679 g/mol. The predicted molar refractivity (Wildman–Crippen MR) is 242 cm³/mol. The van der Waals surface area contributed by atoms with Crippen molar-refractivity contribution in [2.45, 2.75) is 39.0 Å². The molecule has 0 spiro atoms. The molecule has 0 N–H and O–H groups in total. The van der Waals surface area contributed by atoms with Crippen LogP contribution in [-0.4, -0.2) is 32.1 Å². The van der Waals surface area contributed by atoms with Crippen molar-refractivity contribution in [3.8, 4) is 0 Å². The molecule has 1 aliphatic heterocycles. The van der Waals surface area contributed by atoms with E-state index in [1.54, 1.807) is 0 Å².